The lowest BCUT2D eigenvalue weighted by atomic mass is 10.3. The fraction of sp³-hybridized carbons (Fsp3) is 0.500. The minimum atomic E-state index is -0.559. The van der Waals surface area contributed by atoms with Crippen LogP contribution < -0.4 is 0 Å². The first kappa shape index (κ1) is 20.5. The summed E-state index contributed by atoms with van der Waals surface area (Å²) in [7, 11) is 3.22. The molecule has 0 bridgehead atoms. The SMILES string of the molecule is C=C/C=C\C=NC(C)(C)SSCCCC(=O)ON1C(=O)CCC1=O. The molecule has 1 rings (SSSR count). The van der Waals surface area contributed by atoms with Crippen molar-refractivity contribution in [2.75, 3.05) is 5.75 Å². The van der Waals surface area contributed by atoms with Crippen LogP contribution in [-0.4, -0.2) is 39.7 Å². The number of hydrogen-bond donors (Lipinski definition) is 0. The van der Waals surface area contributed by atoms with Gasteiger partial charge in [0.1, 0.15) is 4.87 Å². The number of carbonyl (C=O) groups excluding carboxylic acids is 3. The number of carbonyl (C=O) groups is 3. The van der Waals surface area contributed by atoms with Gasteiger partial charge in [0.15, 0.2) is 0 Å². The van der Waals surface area contributed by atoms with Crippen LogP contribution >= 0.6 is 21.6 Å². The summed E-state index contributed by atoms with van der Waals surface area (Å²) in [5.41, 5.74) is 0. The van der Waals surface area contributed by atoms with Crippen molar-refractivity contribution >= 4 is 45.6 Å². The number of imide groups is 1. The Morgan fingerprint density at radius 3 is 2.62 bits per heavy atom. The molecule has 1 aliphatic heterocycles. The molecule has 1 saturated heterocycles. The van der Waals surface area contributed by atoms with Crippen molar-refractivity contribution in [2.24, 2.45) is 4.99 Å². The van der Waals surface area contributed by atoms with Crippen LogP contribution in [0.25, 0.3) is 0 Å². The van der Waals surface area contributed by atoms with Gasteiger partial charge >= 0.3 is 5.97 Å². The maximum atomic E-state index is 11.6. The maximum absolute atomic E-state index is 11.6. The van der Waals surface area contributed by atoms with Crippen LogP contribution in [-0.2, 0) is 19.2 Å². The third-order valence-electron chi connectivity index (χ3n) is 2.79. The van der Waals surface area contributed by atoms with Gasteiger partial charge in [-0.05, 0) is 26.3 Å². The molecule has 0 spiro atoms. The summed E-state index contributed by atoms with van der Waals surface area (Å²) in [6.07, 6.45) is 8.02. The fourth-order valence-corrected chi connectivity index (χ4v) is 3.97. The third-order valence-corrected chi connectivity index (χ3v) is 5.95. The molecule has 0 unspecified atom stereocenters. The molecule has 0 aliphatic carbocycles. The molecule has 0 N–H and O–H groups in total. The second kappa shape index (κ2) is 10.4. The Kier molecular flexibility index (Phi) is 8.84. The predicted octanol–water partition coefficient (Wildman–Crippen LogP) is 3.30. The fourth-order valence-electron chi connectivity index (χ4n) is 1.64. The number of hydrogen-bond acceptors (Lipinski definition) is 7. The molecule has 2 amide bonds. The lowest BCUT2D eigenvalue weighted by Crippen LogP contribution is -2.32. The molecule has 1 fully saturated rings. The molecule has 0 aromatic carbocycles. The molecule has 1 aliphatic rings. The van der Waals surface area contributed by atoms with Gasteiger partial charge in [-0.2, -0.15) is 0 Å². The standard InChI is InChI=1S/C16H22N2O4S2/c1-4-5-6-11-17-16(2,3)24-23-12-7-8-15(21)22-18-13(19)9-10-14(18)20/h4-6,11H,1,7-10,12H2,2-3H3/b6-5-,17-11?. The van der Waals surface area contributed by atoms with Gasteiger partial charge in [0.05, 0.1) is 0 Å². The molecule has 24 heavy (non-hydrogen) atoms. The first-order valence-electron chi connectivity index (χ1n) is 7.56. The Balaban J connectivity index is 2.19. The molecule has 132 valence electrons. The number of aliphatic imine (C=N–C) groups is 1. The van der Waals surface area contributed by atoms with Gasteiger partial charge in [-0.15, -0.1) is 5.06 Å². The van der Waals surface area contributed by atoms with E-state index in [0.717, 1.165) is 5.75 Å². The van der Waals surface area contributed by atoms with Crippen LogP contribution in [0.4, 0.5) is 0 Å². The smallest absolute Gasteiger partial charge is 0.330 e. The van der Waals surface area contributed by atoms with Crippen LogP contribution in [0.1, 0.15) is 39.5 Å². The normalized spacial score (nSPS) is 15.7. The summed E-state index contributed by atoms with van der Waals surface area (Å²) >= 11 is 0. The molecule has 0 atom stereocenters. The number of allylic oxidation sites excluding steroid dienone is 3. The summed E-state index contributed by atoms with van der Waals surface area (Å²) in [6, 6.07) is 0. The van der Waals surface area contributed by atoms with E-state index in [9.17, 15) is 14.4 Å². The Bertz CT molecular complexity index is 528. The zero-order valence-electron chi connectivity index (χ0n) is 13.9. The molecule has 0 aromatic heterocycles. The summed E-state index contributed by atoms with van der Waals surface area (Å²) in [4.78, 5) is 43.2. The van der Waals surface area contributed by atoms with Crippen LogP contribution in [0.5, 0.6) is 0 Å². The summed E-state index contributed by atoms with van der Waals surface area (Å²) in [5, 5.41) is 0.582. The molecular formula is C16H22N2O4S2. The van der Waals surface area contributed by atoms with E-state index < -0.39 is 17.8 Å². The van der Waals surface area contributed by atoms with E-state index in [1.54, 1.807) is 40.0 Å². The summed E-state index contributed by atoms with van der Waals surface area (Å²) in [5.74, 6) is -0.730. The van der Waals surface area contributed by atoms with Gasteiger partial charge in [-0.1, -0.05) is 40.3 Å². The zero-order valence-corrected chi connectivity index (χ0v) is 15.5. The molecule has 0 aromatic rings. The van der Waals surface area contributed by atoms with E-state index in [-0.39, 0.29) is 24.1 Å². The second-order valence-corrected chi connectivity index (χ2v) is 8.42. The summed E-state index contributed by atoms with van der Waals surface area (Å²) in [6.45, 7) is 7.59. The first-order valence-corrected chi connectivity index (χ1v) is 9.88. The predicted molar refractivity (Wildman–Crippen MR) is 98.4 cm³/mol. The van der Waals surface area contributed by atoms with Crippen molar-refractivity contribution in [1.82, 2.24) is 5.06 Å². The van der Waals surface area contributed by atoms with Crippen LogP contribution in [0.3, 0.4) is 0 Å². The lowest BCUT2D eigenvalue weighted by Gasteiger charge is -2.17. The van der Waals surface area contributed by atoms with Crippen molar-refractivity contribution in [3.63, 3.8) is 0 Å². The van der Waals surface area contributed by atoms with E-state index in [1.807, 2.05) is 19.9 Å². The molecule has 0 saturated carbocycles. The van der Waals surface area contributed by atoms with Crippen LogP contribution in [0.15, 0.2) is 29.8 Å². The van der Waals surface area contributed by atoms with Crippen LogP contribution in [0, 0.1) is 0 Å². The monoisotopic (exact) mass is 370 g/mol. The molecular weight excluding hydrogens is 348 g/mol. The van der Waals surface area contributed by atoms with Crippen LogP contribution in [0.2, 0.25) is 0 Å². The van der Waals surface area contributed by atoms with Crippen molar-refractivity contribution < 1.29 is 19.2 Å². The highest BCUT2D eigenvalue weighted by Crippen LogP contribution is 2.36. The number of nitrogens with zero attached hydrogens (tertiary/aromatic N) is 2. The Morgan fingerprint density at radius 1 is 1.33 bits per heavy atom. The Hall–Kier alpha value is -1.54. The van der Waals surface area contributed by atoms with Gasteiger partial charge in [0, 0.05) is 31.2 Å². The topological polar surface area (TPSA) is 76.0 Å². The maximum Gasteiger partial charge on any atom is 0.333 e. The first-order chi connectivity index (χ1) is 11.4. The molecule has 6 nitrogen and oxygen atoms in total. The van der Waals surface area contributed by atoms with Gasteiger partial charge in [0.25, 0.3) is 11.8 Å². The number of hydroxylamine groups is 2. The molecule has 1 heterocycles. The quantitative estimate of drug-likeness (QED) is 0.193. The van der Waals surface area contributed by atoms with Gasteiger partial charge < -0.3 is 4.84 Å². The van der Waals surface area contributed by atoms with E-state index in [2.05, 4.69) is 11.6 Å². The summed E-state index contributed by atoms with van der Waals surface area (Å²) < 4.78 is 0. The van der Waals surface area contributed by atoms with Crippen molar-refractivity contribution in [3.8, 4) is 0 Å². The van der Waals surface area contributed by atoms with Gasteiger partial charge in [0.2, 0.25) is 0 Å². The third kappa shape index (κ3) is 7.83. The van der Waals surface area contributed by atoms with E-state index in [0.29, 0.717) is 11.5 Å². The van der Waals surface area contributed by atoms with Gasteiger partial charge in [-0.25, -0.2) is 4.79 Å². The molecule has 0 radical (unpaired) electrons. The second-order valence-electron chi connectivity index (χ2n) is 5.40. The van der Waals surface area contributed by atoms with Gasteiger partial charge in [-0.3, -0.25) is 14.6 Å². The van der Waals surface area contributed by atoms with Crippen molar-refractivity contribution in [1.29, 1.82) is 0 Å². The number of amides is 2. The molecule has 8 heteroatoms. The highest BCUT2D eigenvalue weighted by Gasteiger charge is 2.32. The minimum Gasteiger partial charge on any atom is -0.330 e. The number of rotatable bonds is 10. The van der Waals surface area contributed by atoms with Crippen molar-refractivity contribution in [2.45, 2.75) is 44.4 Å². The minimum absolute atomic E-state index is 0.107. The lowest BCUT2D eigenvalue weighted by molar-refractivity contribution is -0.197. The van der Waals surface area contributed by atoms with E-state index in [1.165, 1.54) is 0 Å². The van der Waals surface area contributed by atoms with E-state index >= 15 is 0 Å². The van der Waals surface area contributed by atoms with Crippen molar-refractivity contribution in [3.05, 3.63) is 24.8 Å². The highest BCUT2D eigenvalue weighted by atomic mass is 33.1. The average molecular weight is 370 g/mol. The Morgan fingerprint density at radius 2 is 2.00 bits per heavy atom. The zero-order chi connectivity index (χ0) is 18.0. The highest BCUT2D eigenvalue weighted by molar-refractivity contribution is 8.77. The average Bonchev–Trinajstić information content (AvgIpc) is 2.83. The Labute approximate surface area is 150 Å². The largest absolute Gasteiger partial charge is 0.333 e. The van der Waals surface area contributed by atoms with E-state index in [4.69, 9.17) is 4.84 Å².